The number of nitrogens with one attached hydrogen (secondary N) is 1. The third kappa shape index (κ3) is 4.17. The Morgan fingerprint density at radius 2 is 2.20 bits per heavy atom. The van der Waals surface area contributed by atoms with Gasteiger partial charge in [-0.15, -0.1) is 11.3 Å². The Kier molecular flexibility index (Phi) is 5.80. The lowest BCUT2D eigenvalue weighted by Crippen LogP contribution is -2.19. The van der Waals surface area contributed by atoms with E-state index in [1.165, 1.54) is 5.56 Å². The Morgan fingerprint density at radius 3 is 2.85 bits per heavy atom. The van der Waals surface area contributed by atoms with Crippen LogP contribution in [0.15, 0.2) is 25.9 Å². The van der Waals surface area contributed by atoms with Crippen molar-refractivity contribution in [1.29, 1.82) is 0 Å². The molecule has 4 nitrogen and oxygen atoms in total. The smallest absolute Gasteiger partial charge is 0.224 e. The fourth-order valence-electron chi connectivity index (χ4n) is 1.73. The van der Waals surface area contributed by atoms with Gasteiger partial charge < -0.3 is 10.2 Å². The molecule has 2 rings (SSSR count). The number of thiophene rings is 1. The second-order valence-electron chi connectivity index (χ2n) is 4.41. The number of rotatable bonds is 6. The van der Waals surface area contributed by atoms with E-state index >= 15 is 0 Å². The van der Waals surface area contributed by atoms with Crippen LogP contribution in [0.1, 0.15) is 18.9 Å². The zero-order valence-electron chi connectivity index (χ0n) is 11.4. The quantitative estimate of drug-likeness (QED) is 0.747. The highest BCUT2D eigenvalue weighted by atomic mass is 79.9. The summed E-state index contributed by atoms with van der Waals surface area (Å²) in [7, 11) is 2.03. The maximum atomic E-state index is 4.56. The van der Waals surface area contributed by atoms with Gasteiger partial charge in [-0.2, -0.15) is 4.98 Å². The summed E-state index contributed by atoms with van der Waals surface area (Å²) in [5.41, 5.74) is 1.26. The molecule has 0 saturated heterocycles. The first-order chi connectivity index (χ1) is 9.60. The summed E-state index contributed by atoms with van der Waals surface area (Å²) >= 11 is 8.70. The molecule has 0 unspecified atom stereocenters. The lowest BCUT2D eigenvalue weighted by atomic mass is 10.3. The molecular formula is C13H16Br2N4S. The number of hydrogen-bond acceptors (Lipinski definition) is 5. The highest BCUT2D eigenvalue weighted by molar-refractivity contribution is 9.11. The summed E-state index contributed by atoms with van der Waals surface area (Å²) in [5, 5.41) is 5.35. The Bertz CT molecular complexity index is 573. The molecule has 20 heavy (non-hydrogen) atoms. The monoisotopic (exact) mass is 418 g/mol. The van der Waals surface area contributed by atoms with E-state index in [1.54, 1.807) is 17.5 Å². The number of aromatic nitrogens is 2. The van der Waals surface area contributed by atoms with Crippen LogP contribution in [0.3, 0.4) is 0 Å². The lowest BCUT2D eigenvalue weighted by Gasteiger charge is -2.19. The fourth-order valence-corrected chi connectivity index (χ4v) is 3.42. The van der Waals surface area contributed by atoms with Crippen molar-refractivity contribution in [2.45, 2.75) is 19.9 Å². The molecule has 0 spiro atoms. The van der Waals surface area contributed by atoms with Crippen molar-refractivity contribution in [2.24, 2.45) is 0 Å². The van der Waals surface area contributed by atoms with Gasteiger partial charge in [-0.1, -0.05) is 6.92 Å². The Hall–Kier alpha value is -0.660. The van der Waals surface area contributed by atoms with Gasteiger partial charge in [0.1, 0.15) is 5.82 Å². The number of nitrogens with zero attached hydrogens (tertiary/aromatic N) is 3. The van der Waals surface area contributed by atoms with Crippen LogP contribution in [0.5, 0.6) is 0 Å². The molecule has 0 aliphatic rings. The lowest BCUT2D eigenvalue weighted by molar-refractivity contribution is 0.882. The Balaban J connectivity index is 2.13. The van der Waals surface area contributed by atoms with E-state index in [0.717, 1.165) is 33.6 Å². The molecule has 0 bridgehead atoms. The summed E-state index contributed by atoms with van der Waals surface area (Å²) in [5.74, 6) is 1.56. The molecular weight excluding hydrogens is 404 g/mol. The molecule has 1 N–H and O–H groups in total. The standard InChI is InChI=1S/C13H16Br2N4S/c1-3-4-16-13-17-6-10(14)12(18-13)19(2)7-9-5-11(15)20-8-9/h5-6,8H,3-4,7H2,1-2H3,(H,16,17,18). The average molecular weight is 420 g/mol. The third-order valence-electron chi connectivity index (χ3n) is 2.66. The highest BCUT2D eigenvalue weighted by Gasteiger charge is 2.11. The van der Waals surface area contributed by atoms with Gasteiger partial charge in [0.05, 0.1) is 8.26 Å². The molecule has 108 valence electrons. The van der Waals surface area contributed by atoms with E-state index in [4.69, 9.17) is 0 Å². The average Bonchev–Trinajstić information content (AvgIpc) is 2.83. The van der Waals surface area contributed by atoms with Crippen LogP contribution in [0.4, 0.5) is 11.8 Å². The minimum absolute atomic E-state index is 0.670. The molecule has 0 aliphatic carbocycles. The van der Waals surface area contributed by atoms with Crippen LogP contribution in [0, 0.1) is 0 Å². The number of anilines is 2. The van der Waals surface area contributed by atoms with E-state index in [1.807, 2.05) is 7.05 Å². The van der Waals surface area contributed by atoms with Gasteiger partial charge in [-0.05, 0) is 55.3 Å². The second-order valence-corrected chi connectivity index (χ2v) is 7.55. The summed E-state index contributed by atoms with van der Waals surface area (Å²) in [6, 6.07) is 2.13. The van der Waals surface area contributed by atoms with Crippen molar-refractivity contribution < 1.29 is 0 Å². The molecule has 2 aromatic heterocycles. The van der Waals surface area contributed by atoms with Gasteiger partial charge in [0, 0.05) is 26.3 Å². The number of hydrogen-bond donors (Lipinski definition) is 1. The molecule has 0 saturated carbocycles. The first kappa shape index (κ1) is 15.7. The van der Waals surface area contributed by atoms with Crippen LogP contribution < -0.4 is 10.2 Å². The van der Waals surface area contributed by atoms with Crippen LogP contribution in [-0.4, -0.2) is 23.6 Å². The maximum Gasteiger partial charge on any atom is 0.224 e. The topological polar surface area (TPSA) is 41.1 Å². The highest BCUT2D eigenvalue weighted by Crippen LogP contribution is 2.27. The number of halogens is 2. The zero-order valence-corrected chi connectivity index (χ0v) is 15.3. The first-order valence-corrected chi connectivity index (χ1v) is 8.77. The molecule has 0 amide bonds. The summed E-state index contributed by atoms with van der Waals surface area (Å²) in [6.07, 6.45) is 2.84. The normalized spacial score (nSPS) is 10.6. The van der Waals surface area contributed by atoms with Crippen LogP contribution in [-0.2, 0) is 6.54 Å². The zero-order chi connectivity index (χ0) is 14.5. The van der Waals surface area contributed by atoms with Crippen molar-refractivity contribution in [3.05, 3.63) is 31.5 Å². The van der Waals surface area contributed by atoms with Gasteiger partial charge in [0.15, 0.2) is 0 Å². The van der Waals surface area contributed by atoms with Crippen molar-refractivity contribution in [1.82, 2.24) is 9.97 Å². The van der Waals surface area contributed by atoms with Gasteiger partial charge in [-0.3, -0.25) is 0 Å². The van der Waals surface area contributed by atoms with Gasteiger partial charge in [-0.25, -0.2) is 4.98 Å². The molecule has 0 radical (unpaired) electrons. The molecule has 0 fully saturated rings. The minimum atomic E-state index is 0.670. The van der Waals surface area contributed by atoms with Crippen LogP contribution in [0.2, 0.25) is 0 Å². The minimum Gasteiger partial charge on any atom is -0.354 e. The molecule has 0 aliphatic heterocycles. The van der Waals surface area contributed by atoms with E-state index in [9.17, 15) is 0 Å². The molecule has 0 atom stereocenters. The predicted octanol–water partition coefficient (Wildman–Crippen LogP) is 4.52. The summed E-state index contributed by atoms with van der Waals surface area (Å²) in [4.78, 5) is 10.9. The Labute approximate surface area is 139 Å². The van der Waals surface area contributed by atoms with E-state index in [2.05, 4.69) is 70.4 Å². The van der Waals surface area contributed by atoms with Crippen molar-refractivity contribution in [3.63, 3.8) is 0 Å². The first-order valence-electron chi connectivity index (χ1n) is 6.30. The fraction of sp³-hybridized carbons (Fsp3) is 0.385. The van der Waals surface area contributed by atoms with Crippen LogP contribution in [0.25, 0.3) is 0 Å². The van der Waals surface area contributed by atoms with Gasteiger partial charge in [0.25, 0.3) is 0 Å². The van der Waals surface area contributed by atoms with Crippen molar-refractivity contribution in [2.75, 3.05) is 23.8 Å². The molecule has 7 heteroatoms. The van der Waals surface area contributed by atoms with Crippen molar-refractivity contribution >= 4 is 55.0 Å². The predicted molar refractivity (Wildman–Crippen MR) is 92.6 cm³/mol. The van der Waals surface area contributed by atoms with Gasteiger partial charge >= 0.3 is 0 Å². The molecule has 0 aromatic carbocycles. The van der Waals surface area contributed by atoms with E-state index < -0.39 is 0 Å². The van der Waals surface area contributed by atoms with Crippen LogP contribution >= 0.6 is 43.2 Å². The Morgan fingerprint density at radius 1 is 1.40 bits per heavy atom. The SMILES string of the molecule is CCCNc1ncc(Br)c(N(C)Cc2csc(Br)c2)n1. The third-order valence-corrected chi connectivity index (χ3v) is 4.77. The molecule has 2 heterocycles. The van der Waals surface area contributed by atoms with E-state index in [0.29, 0.717) is 5.95 Å². The van der Waals surface area contributed by atoms with Gasteiger partial charge in [0.2, 0.25) is 5.95 Å². The largest absolute Gasteiger partial charge is 0.354 e. The van der Waals surface area contributed by atoms with E-state index in [-0.39, 0.29) is 0 Å². The molecule has 2 aromatic rings. The second kappa shape index (κ2) is 7.38. The maximum absolute atomic E-state index is 4.56. The summed E-state index contributed by atoms with van der Waals surface area (Å²) in [6.45, 7) is 3.81. The summed E-state index contributed by atoms with van der Waals surface area (Å²) < 4.78 is 2.05. The van der Waals surface area contributed by atoms with Crippen molar-refractivity contribution in [3.8, 4) is 0 Å².